The van der Waals surface area contributed by atoms with Crippen molar-refractivity contribution in [3.05, 3.63) is 187 Å². The topological polar surface area (TPSA) is 52.5 Å². The minimum absolute atomic E-state index is 0.588. The molecule has 0 fully saturated rings. The van der Waals surface area contributed by atoms with Crippen molar-refractivity contribution in [2.45, 2.75) is 0 Å². The van der Waals surface area contributed by atoms with Gasteiger partial charge in [-0.25, -0.2) is 0 Å². The van der Waals surface area contributed by atoms with Gasteiger partial charge in [0.1, 0.15) is 0 Å². The molecule has 0 aliphatic rings. The predicted molar refractivity (Wildman–Crippen MR) is 199 cm³/mol. The number of nitriles is 2. The van der Waals surface area contributed by atoms with E-state index >= 15 is 0 Å². The predicted octanol–water partition coefficient (Wildman–Crippen LogP) is 7.57. The van der Waals surface area contributed by atoms with Crippen molar-refractivity contribution in [1.82, 2.24) is 4.57 Å². The number of para-hydroxylation sites is 1. The quantitative estimate of drug-likeness (QED) is 0.141. The van der Waals surface area contributed by atoms with Gasteiger partial charge < -0.3 is 4.57 Å². The lowest BCUT2D eigenvalue weighted by Gasteiger charge is -2.34. The monoisotopic (exact) mass is 627 g/mol. The van der Waals surface area contributed by atoms with Crippen LogP contribution in [0.1, 0.15) is 11.1 Å². The van der Waals surface area contributed by atoms with Gasteiger partial charge in [-0.1, -0.05) is 133 Å². The van der Waals surface area contributed by atoms with Gasteiger partial charge in [0, 0.05) is 16.5 Å². The van der Waals surface area contributed by atoms with Crippen LogP contribution in [0.3, 0.4) is 0 Å². The number of rotatable bonds is 6. The number of nitrogens with zero attached hydrogens (tertiary/aromatic N) is 3. The largest absolute Gasteiger partial charge is 0.309 e. The molecule has 0 saturated carbocycles. The van der Waals surface area contributed by atoms with E-state index in [1.54, 1.807) is 0 Å². The molecule has 0 radical (unpaired) electrons. The van der Waals surface area contributed by atoms with Gasteiger partial charge in [0.05, 0.1) is 34.3 Å². The molecule has 0 unspecified atom stereocenters. The van der Waals surface area contributed by atoms with Gasteiger partial charge in [0.2, 0.25) is 0 Å². The van der Waals surface area contributed by atoms with Crippen LogP contribution in [0.2, 0.25) is 0 Å². The van der Waals surface area contributed by atoms with E-state index in [0.29, 0.717) is 11.1 Å². The van der Waals surface area contributed by atoms with Crippen molar-refractivity contribution < 1.29 is 0 Å². The first kappa shape index (κ1) is 29.0. The van der Waals surface area contributed by atoms with E-state index in [-0.39, 0.29) is 0 Å². The van der Waals surface area contributed by atoms with E-state index < -0.39 is 8.07 Å². The van der Waals surface area contributed by atoms with Crippen molar-refractivity contribution in [3.63, 3.8) is 0 Å². The zero-order chi connectivity index (χ0) is 32.5. The van der Waals surface area contributed by atoms with E-state index in [9.17, 15) is 10.5 Å². The minimum atomic E-state index is -2.73. The first-order valence-corrected chi connectivity index (χ1v) is 18.0. The molecule has 4 heteroatoms. The van der Waals surface area contributed by atoms with Crippen LogP contribution >= 0.6 is 0 Å². The molecule has 0 bridgehead atoms. The maximum atomic E-state index is 10.3. The molecule has 7 aromatic carbocycles. The Labute approximate surface area is 280 Å². The first-order valence-electron chi connectivity index (χ1n) is 16.0. The van der Waals surface area contributed by atoms with Crippen molar-refractivity contribution >= 4 is 50.6 Å². The van der Waals surface area contributed by atoms with E-state index in [0.717, 1.165) is 38.6 Å². The number of hydrogen-bond donors (Lipinski definition) is 0. The SMILES string of the molecule is N#Cc1cc(-c2cccc([Si](c3ccccc3)(c3ccccc3)c3ccccc3)c2)cc(-n2c3ccccc3c3cc(C#N)ccc32)c1. The Kier molecular flexibility index (Phi) is 7.27. The molecular weight excluding hydrogens is 599 g/mol. The standard InChI is InChI=1S/C44H29N3Si/c45-30-32-23-24-44-42(27-32)41-21-10-11-22-43(41)47(44)36-26-33(31-46)25-35(28-36)34-13-12-20-40(29-34)48(37-14-4-1-5-15-37,38-16-6-2-7-17-38)39-18-8-3-9-19-39/h1-29H. The second-order valence-electron chi connectivity index (χ2n) is 12.0. The minimum Gasteiger partial charge on any atom is -0.309 e. The van der Waals surface area contributed by atoms with E-state index in [1.807, 2.05) is 42.5 Å². The molecule has 224 valence electrons. The lowest BCUT2D eigenvalue weighted by atomic mass is 10.0. The zero-order valence-electron chi connectivity index (χ0n) is 26.1. The van der Waals surface area contributed by atoms with Gasteiger partial charge in [-0.2, -0.15) is 10.5 Å². The van der Waals surface area contributed by atoms with Crippen LogP contribution in [0, 0.1) is 22.7 Å². The van der Waals surface area contributed by atoms with Gasteiger partial charge in [-0.05, 0) is 74.3 Å². The highest BCUT2D eigenvalue weighted by Gasteiger charge is 2.41. The van der Waals surface area contributed by atoms with Gasteiger partial charge in [0.25, 0.3) is 0 Å². The Morgan fingerprint density at radius 2 is 0.958 bits per heavy atom. The Morgan fingerprint density at radius 3 is 1.58 bits per heavy atom. The van der Waals surface area contributed by atoms with Crippen molar-refractivity contribution in [1.29, 1.82) is 10.5 Å². The fourth-order valence-corrected chi connectivity index (χ4v) is 12.1. The van der Waals surface area contributed by atoms with Crippen LogP contribution in [-0.4, -0.2) is 12.6 Å². The normalized spacial score (nSPS) is 11.3. The second-order valence-corrected chi connectivity index (χ2v) is 15.8. The molecule has 0 aliphatic carbocycles. The van der Waals surface area contributed by atoms with Crippen LogP contribution in [0.4, 0.5) is 0 Å². The third-order valence-corrected chi connectivity index (χ3v) is 14.1. The van der Waals surface area contributed by atoms with Gasteiger partial charge in [0.15, 0.2) is 8.07 Å². The molecular formula is C44H29N3Si. The average molecular weight is 628 g/mol. The fraction of sp³-hybridized carbons (Fsp3) is 0. The molecule has 0 spiro atoms. The Balaban J connectivity index is 1.38. The van der Waals surface area contributed by atoms with Crippen LogP contribution < -0.4 is 20.7 Å². The summed E-state index contributed by atoms with van der Waals surface area (Å²) in [7, 11) is -2.73. The van der Waals surface area contributed by atoms with Gasteiger partial charge in [-0.3, -0.25) is 0 Å². The molecule has 0 N–H and O–H groups in total. The lowest BCUT2D eigenvalue weighted by molar-refractivity contribution is 1.18. The maximum absolute atomic E-state index is 10.3. The third-order valence-electron chi connectivity index (χ3n) is 9.36. The van der Waals surface area contributed by atoms with Crippen molar-refractivity contribution in [3.8, 4) is 29.0 Å². The summed E-state index contributed by atoms with van der Waals surface area (Å²) >= 11 is 0. The molecule has 48 heavy (non-hydrogen) atoms. The number of fused-ring (bicyclic) bond motifs is 3. The zero-order valence-corrected chi connectivity index (χ0v) is 27.1. The summed E-state index contributed by atoms with van der Waals surface area (Å²) in [4.78, 5) is 0. The molecule has 1 heterocycles. The molecule has 8 aromatic rings. The molecule has 3 nitrogen and oxygen atoms in total. The van der Waals surface area contributed by atoms with Crippen LogP contribution in [0.15, 0.2) is 176 Å². The summed E-state index contributed by atoms with van der Waals surface area (Å²) < 4.78 is 2.21. The van der Waals surface area contributed by atoms with Crippen LogP contribution in [-0.2, 0) is 0 Å². The molecule has 0 amide bonds. The summed E-state index contributed by atoms with van der Waals surface area (Å²) in [6, 6.07) is 66.5. The summed E-state index contributed by atoms with van der Waals surface area (Å²) in [6.07, 6.45) is 0. The summed E-state index contributed by atoms with van der Waals surface area (Å²) in [5.74, 6) is 0. The summed E-state index contributed by atoms with van der Waals surface area (Å²) in [5.41, 5.74) is 6.17. The third kappa shape index (κ3) is 4.72. The summed E-state index contributed by atoms with van der Waals surface area (Å²) in [6.45, 7) is 0. The number of aromatic nitrogens is 1. The van der Waals surface area contributed by atoms with Gasteiger partial charge in [-0.15, -0.1) is 0 Å². The molecule has 0 aliphatic heterocycles. The summed E-state index contributed by atoms with van der Waals surface area (Å²) in [5, 5.41) is 27.2. The van der Waals surface area contributed by atoms with E-state index in [4.69, 9.17) is 0 Å². The average Bonchev–Trinajstić information content (AvgIpc) is 3.50. The highest BCUT2D eigenvalue weighted by Crippen LogP contribution is 2.34. The lowest BCUT2D eigenvalue weighted by Crippen LogP contribution is -2.74. The molecule has 8 rings (SSSR count). The molecule has 0 saturated heterocycles. The first-order chi connectivity index (χ1) is 23.7. The number of hydrogen-bond acceptors (Lipinski definition) is 2. The highest BCUT2D eigenvalue weighted by atomic mass is 28.3. The second kappa shape index (κ2) is 12.0. The Morgan fingerprint density at radius 1 is 0.396 bits per heavy atom. The highest BCUT2D eigenvalue weighted by molar-refractivity contribution is 7.19. The molecule has 0 atom stereocenters. The smallest absolute Gasteiger partial charge is 0.179 e. The van der Waals surface area contributed by atoms with E-state index in [1.165, 1.54) is 20.7 Å². The Hall–Kier alpha value is -6.46. The fourth-order valence-electron chi connectivity index (χ4n) is 7.29. The maximum Gasteiger partial charge on any atom is 0.179 e. The van der Waals surface area contributed by atoms with Crippen molar-refractivity contribution in [2.24, 2.45) is 0 Å². The van der Waals surface area contributed by atoms with Crippen molar-refractivity contribution in [2.75, 3.05) is 0 Å². The van der Waals surface area contributed by atoms with E-state index in [2.05, 4.69) is 150 Å². The van der Waals surface area contributed by atoms with Gasteiger partial charge >= 0.3 is 0 Å². The van der Waals surface area contributed by atoms with Crippen LogP contribution in [0.25, 0.3) is 38.6 Å². The Bertz CT molecular complexity index is 2430. The number of benzene rings is 7. The molecule has 1 aromatic heterocycles. The van der Waals surface area contributed by atoms with Crippen LogP contribution in [0.5, 0.6) is 0 Å².